The number of hydrogen-bond donors (Lipinski definition) is 1. The summed E-state index contributed by atoms with van der Waals surface area (Å²) in [5, 5.41) is 17.2. The molecule has 0 saturated carbocycles. The Morgan fingerprint density at radius 3 is 3.00 bits per heavy atom. The third-order valence-corrected chi connectivity index (χ3v) is 3.77. The molecule has 17 heavy (non-hydrogen) atoms. The van der Waals surface area contributed by atoms with Gasteiger partial charge < -0.3 is 9.73 Å². The highest BCUT2D eigenvalue weighted by Crippen LogP contribution is 2.24. The second kappa shape index (κ2) is 4.68. The highest BCUT2D eigenvalue weighted by Gasteiger charge is 2.08. The zero-order valence-corrected chi connectivity index (χ0v) is 10.4. The van der Waals surface area contributed by atoms with Gasteiger partial charge in [-0.25, -0.2) is 0 Å². The Kier molecular flexibility index (Phi) is 2.89. The van der Waals surface area contributed by atoms with Crippen LogP contribution in [0.5, 0.6) is 0 Å². The first kappa shape index (κ1) is 10.5. The van der Waals surface area contributed by atoms with Crippen LogP contribution >= 0.6 is 22.7 Å². The fourth-order valence-corrected chi connectivity index (χ4v) is 2.68. The second-order valence-corrected chi connectivity index (χ2v) is 5.10. The summed E-state index contributed by atoms with van der Waals surface area (Å²) in [5.41, 5.74) is 1.21. The molecule has 3 aromatic rings. The first-order valence-corrected chi connectivity index (χ1v) is 6.86. The number of rotatable bonds is 4. The molecule has 0 unspecified atom stereocenters. The first-order chi connectivity index (χ1) is 8.42. The Bertz CT molecular complexity index is 572. The summed E-state index contributed by atoms with van der Waals surface area (Å²) in [6, 6.07) is 6.44. The van der Waals surface area contributed by atoms with Gasteiger partial charge in [-0.2, -0.15) is 11.3 Å². The largest absolute Gasteiger partial charge is 0.403 e. The Labute approximate surface area is 106 Å². The Morgan fingerprint density at radius 1 is 1.24 bits per heavy atom. The minimum atomic E-state index is 0.458. The van der Waals surface area contributed by atoms with Crippen molar-refractivity contribution >= 4 is 28.7 Å². The Morgan fingerprint density at radius 2 is 2.24 bits per heavy atom. The van der Waals surface area contributed by atoms with Crippen molar-refractivity contribution in [3.05, 3.63) is 39.9 Å². The summed E-state index contributed by atoms with van der Waals surface area (Å²) < 4.78 is 5.51. The fraction of sp³-hybridized carbons (Fsp3) is 0.0909. The maximum atomic E-state index is 5.51. The summed E-state index contributed by atoms with van der Waals surface area (Å²) in [6.45, 7) is 0.704. The quantitative estimate of drug-likeness (QED) is 0.783. The molecule has 0 aliphatic rings. The van der Waals surface area contributed by atoms with E-state index in [1.54, 1.807) is 22.7 Å². The topological polar surface area (TPSA) is 51.0 Å². The molecule has 0 aliphatic carbocycles. The zero-order chi connectivity index (χ0) is 11.5. The predicted molar refractivity (Wildman–Crippen MR) is 69.3 cm³/mol. The molecule has 1 N–H and O–H groups in total. The smallest absolute Gasteiger partial charge is 0.316 e. The lowest BCUT2D eigenvalue weighted by Crippen LogP contribution is -1.97. The van der Waals surface area contributed by atoms with E-state index in [4.69, 9.17) is 4.42 Å². The monoisotopic (exact) mass is 263 g/mol. The lowest BCUT2D eigenvalue weighted by atomic mass is 10.3. The predicted octanol–water partition coefficient (Wildman–Crippen LogP) is 3.47. The molecule has 86 valence electrons. The van der Waals surface area contributed by atoms with Crippen LogP contribution < -0.4 is 5.32 Å². The lowest BCUT2D eigenvalue weighted by Gasteiger charge is -1.96. The Hall–Kier alpha value is -1.66. The summed E-state index contributed by atoms with van der Waals surface area (Å²) in [6.07, 6.45) is 0. The molecule has 0 aromatic carbocycles. The van der Waals surface area contributed by atoms with Crippen molar-refractivity contribution in [2.45, 2.75) is 6.54 Å². The number of nitrogens with zero attached hydrogens (tertiary/aromatic N) is 2. The van der Waals surface area contributed by atoms with E-state index < -0.39 is 0 Å². The van der Waals surface area contributed by atoms with Gasteiger partial charge in [0, 0.05) is 6.54 Å². The summed E-state index contributed by atoms with van der Waals surface area (Å²) in [4.78, 5) is 0.987. The van der Waals surface area contributed by atoms with Crippen LogP contribution in [0, 0.1) is 0 Å². The van der Waals surface area contributed by atoms with Gasteiger partial charge in [0.15, 0.2) is 0 Å². The molecule has 0 saturated heterocycles. The number of thiophene rings is 2. The van der Waals surface area contributed by atoms with Crippen LogP contribution in [0.2, 0.25) is 0 Å². The Balaban J connectivity index is 1.69. The van der Waals surface area contributed by atoms with E-state index in [9.17, 15) is 0 Å². The summed E-state index contributed by atoms with van der Waals surface area (Å²) >= 11 is 3.26. The molecule has 3 aromatic heterocycles. The van der Waals surface area contributed by atoms with Gasteiger partial charge in [-0.15, -0.1) is 16.4 Å². The average Bonchev–Trinajstić information content (AvgIpc) is 3.09. The maximum absolute atomic E-state index is 5.51. The lowest BCUT2D eigenvalue weighted by molar-refractivity contribution is 0.582. The van der Waals surface area contributed by atoms with Crippen LogP contribution in [-0.2, 0) is 6.54 Å². The van der Waals surface area contributed by atoms with E-state index in [0.29, 0.717) is 18.5 Å². The number of nitrogens with one attached hydrogen (secondary N) is 1. The molecule has 0 amide bonds. The standard InChI is InChI=1S/C11H9N3OS2/c1-2-9(17-4-1)10-13-14-11(15-10)12-6-8-3-5-16-7-8/h1-5,7H,6H2,(H,12,14). The normalized spacial score (nSPS) is 10.6. The molecule has 3 rings (SSSR count). The molecular formula is C11H9N3OS2. The van der Waals surface area contributed by atoms with E-state index in [-0.39, 0.29) is 0 Å². The van der Waals surface area contributed by atoms with Crippen molar-refractivity contribution in [1.29, 1.82) is 0 Å². The van der Waals surface area contributed by atoms with Crippen LogP contribution in [0.1, 0.15) is 5.56 Å². The van der Waals surface area contributed by atoms with E-state index in [1.807, 2.05) is 22.9 Å². The summed E-state index contributed by atoms with van der Waals surface area (Å²) in [5.74, 6) is 0.563. The van der Waals surface area contributed by atoms with Crippen molar-refractivity contribution < 1.29 is 4.42 Å². The molecular weight excluding hydrogens is 254 g/mol. The van der Waals surface area contributed by atoms with E-state index in [1.165, 1.54) is 5.56 Å². The average molecular weight is 263 g/mol. The molecule has 0 spiro atoms. The van der Waals surface area contributed by atoms with Crippen LogP contribution in [-0.4, -0.2) is 10.2 Å². The molecule has 0 fully saturated rings. The molecule has 3 heterocycles. The third-order valence-electron chi connectivity index (χ3n) is 2.18. The van der Waals surface area contributed by atoms with Gasteiger partial charge in [-0.3, -0.25) is 0 Å². The SMILES string of the molecule is c1csc(-c2nnc(NCc3ccsc3)o2)c1. The number of anilines is 1. The van der Waals surface area contributed by atoms with Gasteiger partial charge in [-0.05, 0) is 33.8 Å². The molecule has 6 heteroatoms. The van der Waals surface area contributed by atoms with Gasteiger partial charge in [0.05, 0.1) is 4.88 Å². The van der Waals surface area contributed by atoms with E-state index in [2.05, 4.69) is 27.0 Å². The maximum Gasteiger partial charge on any atom is 0.316 e. The molecule has 0 atom stereocenters. The summed E-state index contributed by atoms with van der Waals surface area (Å²) in [7, 11) is 0. The van der Waals surface area contributed by atoms with E-state index in [0.717, 1.165) is 4.88 Å². The van der Waals surface area contributed by atoms with Crippen LogP contribution in [0.15, 0.2) is 38.8 Å². The van der Waals surface area contributed by atoms with Crippen LogP contribution in [0.3, 0.4) is 0 Å². The van der Waals surface area contributed by atoms with E-state index >= 15 is 0 Å². The molecule has 0 bridgehead atoms. The van der Waals surface area contributed by atoms with Crippen molar-refractivity contribution in [3.63, 3.8) is 0 Å². The van der Waals surface area contributed by atoms with Crippen LogP contribution in [0.25, 0.3) is 10.8 Å². The second-order valence-electron chi connectivity index (χ2n) is 3.37. The highest BCUT2D eigenvalue weighted by atomic mass is 32.1. The van der Waals surface area contributed by atoms with Gasteiger partial charge in [0.1, 0.15) is 0 Å². The minimum absolute atomic E-state index is 0.458. The highest BCUT2D eigenvalue weighted by molar-refractivity contribution is 7.13. The fourth-order valence-electron chi connectivity index (χ4n) is 1.37. The zero-order valence-electron chi connectivity index (χ0n) is 8.79. The van der Waals surface area contributed by atoms with Gasteiger partial charge in [-0.1, -0.05) is 11.2 Å². The first-order valence-electron chi connectivity index (χ1n) is 5.04. The van der Waals surface area contributed by atoms with Crippen molar-refractivity contribution in [1.82, 2.24) is 10.2 Å². The van der Waals surface area contributed by atoms with Gasteiger partial charge in [0.2, 0.25) is 0 Å². The van der Waals surface area contributed by atoms with Crippen molar-refractivity contribution in [2.75, 3.05) is 5.32 Å². The number of hydrogen-bond acceptors (Lipinski definition) is 6. The minimum Gasteiger partial charge on any atom is -0.403 e. The van der Waals surface area contributed by atoms with Crippen LogP contribution in [0.4, 0.5) is 6.01 Å². The van der Waals surface area contributed by atoms with Crippen molar-refractivity contribution in [2.24, 2.45) is 0 Å². The molecule has 0 aliphatic heterocycles. The number of aromatic nitrogens is 2. The third kappa shape index (κ3) is 2.37. The van der Waals surface area contributed by atoms with Gasteiger partial charge in [0.25, 0.3) is 5.89 Å². The van der Waals surface area contributed by atoms with Crippen molar-refractivity contribution in [3.8, 4) is 10.8 Å². The van der Waals surface area contributed by atoms with Gasteiger partial charge >= 0.3 is 6.01 Å². The molecule has 0 radical (unpaired) electrons. The molecule has 4 nitrogen and oxygen atoms in total.